The summed E-state index contributed by atoms with van der Waals surface area (Å²) in [5.41, 5.74) is 0.762. The minimum absolute atomic E-state index is 0.118. The van der Waals surface area contributed by atoms with Crippen molar-refractivity contribution < 1.29 is 13.2 Å². The van der Waals surface area contributed by atoms with E-state index in [1.165, 1.54) is 13.2 Å². The summed E-state index contributed by atoms with van der Waals surface area (Å²) in [4.78, 5) is 0.118. The van der Waals surface area contributed by atoms with Crippen LogP contribution in [0.2, 0.25) is 0 Å². The predicted molar refractivity (Wildman–Crippen MR) is 70.3 cm³/mol. The number of ether oxygens (including phenoxy) is 1. The van der Waals surface area contributed by atoms with Gasteiger partial charge in [0.1, 0.15) is 10.6 Å². The molecule has 7 heteroatoms. The van der Waals surface area contributed by atoms with Gasteiger partial charge in [0.15, 0.2) is 0 Å². The summed E-state index contributed by atoms with van der Waals surface area (Å²) in [7, 11) is -2.21. The first kappa shape index (κ1) is 13.6. The summed E-state index contributed by atoms with van der Waals surface area (Å²) in [6, 6.07) is 6.10. The molecule has 0 aliphatic rings. The molecule has 0 amide bonds. The Morgan fingerprint density at radius 2 is 2.11 bits per heavy atom. The molecule has 2 aromatic rings. The molecule has 1 aromatic heterocycles. The Labute approximate surface area is 111 Å². The lowest BCUT2D eigenvalue weighted by molar-refractivity contribution is 0.402. The molecule has 1 heterocycles. The molecule has 1 aromatic carbocycles. The van der Waals surface area contributed by atoms with Crippen molar-refractivity contribution in [2.24, 2.45) is 0 Å². The van der Waals surface area contributed by atoms with E-state index in [1.807, 2.05) is 0 Å². The van der Waals surface area contributed by atoms with Gasteiger partial charge < -0.3 is 4.74 Å². The number of aromatic amines is 1. The monoisotopic (exact) mass is 281 g/mol. The van der Waals surface area contributed by atoms with Crippen LogP contribution in [0.3, 0.4) is 0 Å². The summed E-state index contributed by atoms with van der Waals surface area (Å²) in [6.45, 7) is 1.75. The summed E-state index contributed by atoms with van der Waals surface area (Å²) < 4.78 is 32.2. The highest BCUT2D eigenvalue weighted by Crippen LogP contribution is 2.24. The molecule has 2 rings (SSSR count). The van der Waals surface area contributed by atoms with Gasteiger partial charge in [-0.3, -0.25) is 5.10 Å². The second kappa shape index (κ2) is 5.41. The molecule has 2 N–H and O–H groups in total. The fourth-order valence-corrected chi connectivity index (χ4v) is 3.11. The molecule has 102 valence electrons. The summed E-state index contributed by atoms with van der Waals surface area (Å²) in [5, 5.41) is 6.44. The lowest BCUT2D eigenvalue weighted by atomic mass is 10.2. The molecular weight excluding hydrogens is 266 g/mol. The summed E-state index contributed by atoms with van der Waals surface area (Å²) in [5.74, 6) is 0.314. The molecule has 0 spiro atoms. The van der Waals surface area contributed by atoms with Crippen LogP contribution < -0.4 is 9.46 Å². The molecular formula is C12H15N3O3S. The number of nitrogens with one attached hydrogen (secondary N) is 2. The van der Waals surface area contributed by atoms with E-state index in [0.717, 1.165) is 5.56 Å². The largest absolute Gasteiger partial charge is 0.495 e. The number of benzene rings is 1. The smallest absolute Gasteiger partial charge is 0.244 e. The van der Waals surface area contributed by atoms with Crippen LogP contribution in [0.4, 0.5) is 0 Å². The topological polar surface area (TPSA) is 84.1 Å². The number of aromatic nitrogens is 2. The fraction of sp³-hybridized carbons (Fsp3) is 0.250. The number of methoxy groups -OCH3 is 1. The van der Waals surface area contributed by atoms with E-state index in [4.69, 9.17) is 4.74 Å². The highest BCUT2D eigenvalue weighted by molar-refractivity contribution is 7.89. The fourth-order valence-electron chi connectivity index (χ4n) is 1.70. The molecule has 1 unspecified atom stereocenters. The number of sulfonamides is 1. The van der Waals surface area contributed by atoms with Gasteiger partial charge in [-0.1, -0.05) is 12.1 Å². The first-order valence-electron chi connectivity index (χ1n) is 5.68. The van der Waals surface area contributed by atoms with Crippen molar-refractivity contribution in [3.8, 4) is 5.75 Å². The average molecular weight is 281 g/mol. The van der Waals surface area contributed by atoms with Crippen LogP contribution >= 0.6 is 0 Å². The van der Waals surface area contributed by atoms with Gasteiger partial charge in [-0.2, -0.15) is 5.10 Å². The highest BCUT2D eigenvalue weighted by Gasteiger charge is 2.22. The van der Waals surface area contributed by atoms with Crippen LogP contribution in [0.15, 0.2) is 41.6 Å². The van der Waals surface area contributed by atoms with Crippen LogP contribution in [0.25, 0.3) is 0 Å². The van der Waals surface area contributed by atoms with Gasteiger partial charge in [0.25, 0.3) is 0 Å². The lowest BCUT2D eigenvalue weighted by Gasteiger charge is -2.14. The zero-order valence-electron chi connectivity index (χ0n) is 10.6. The van der Waals surface area contributed by atoms with Crippen molar-refractivity contribution in [1.82, 2.24) is 14.9 Å². The Kier molecular flexibility index (Phi) is 3.87. The van der Waals surface area contributed by atoms with Crippen molar-refractivity contribution >= 4 is 10.0 Å². The van der Waals surface area contributed by atoms with Gasteiger partial charge in [-0.25, -0.2) is 13.1 Å². The predicted octanol–water partition coefficient (Wildman–Crippen LogP) is 1.46. The molecule has 0 aliphatic carbocycles. The number of nitrogens with zero attached hydrogens (tertiary/aromatic N) is 1. The maximum atomic E-state index is 12.3. The number of hydrogen-bond donors (Lipinski definition) is 2. The Morgan fingerprint density at radius 3 is 2.74 bits per heavy atom. The molecule has 0 fully saturated rings. The van der Waals surface area contributed by atoms with E-state index in [2.05, 4.69) is 14.9 Å². The first-order chi connectivity index (χ1) is 9.04. The van der Waals surface area contributed by atoms with Crippen molar-refractivity contribution in [3.63, 3.8) is 0 Å². The highest BCUT2D eigenvalue weighted by atomic mass is 32.2. The van der Waals surface area contributed by atoms with E-state index in [0.29, 0.717) is 5.75 Å². The Morgan fingerprint density at radius 1 is 1.37 bits per heavy atom. The van der Waals surface area contributed by atoms with Gasteiger partial charge in [-0.15, -0.1) is 0 Å². The molecule has 6 nitrogen and oxygen atoms in total. The van der Waals surface area contributed by atoms with Crippen LogP contribution in [0, 0.1) is 0 Å². The van der Waals surface area contributed by atoms with Crippen LogP contribution in [-0.4, -0.2) is 25.7 Å². The number of para-hydroxylation sites is 1. The molecule has 19 heavy (non-hydrogen) atoms. The molecule has 0 aliphatic heterocycles. The second-order valence-corrected chi connectivity index (χ2v) is 5.71. The normalized spacial score (nSPS) is 13.2. The number of H-pyrrole nitrogens is 1. The van der Waals surface area contributed by atoms with E-state index >= 15 is 0 Å². The van der Waals surface area contributed by atoms with Crippen molar-refractivity contribution in [2.75, 3.05) is 7.11 Å². The molecule has 1 atom stereocenters. The van der Waals surface area contributed by atoms with Crippen LogP contribution in [0.1, 0.15) is 18.5 Å². The minimum Gasteiger partial charge on any atom is -0.495 e. The van der Waals surface area contributed by atoms with Gasteiger partial charge in [0, 0.05) is 17.8 Å². The molecule has 0 radical (unpaired) electrons. The lowest BCUT2D eigenvalue weighted by Crippen LogP contribution is -2.27. The average Bonchev–Trinajstić information content (AvgIpc) is 2.92. The van der Waals surface area contributed by atoms with Crippen LogP contribution in [-0.2, 0) is 10.0 Å². The Balaban J connectivity index is 2.28. The SMILES string of the molecule is COc1ccccc1S(=O)(=O)NC(C)c1cn[nH]c1. The van der Waals surface area contributed by atoms with E-state index in [9.17, 15) is 8.42 Å². The molecule has 0 bridgehead atoms. The first-order valence-corrected chi connectivity index (χ1v) is 7.17. The van der Waals surface area contributed by atoms with Gasteiger partial charge in [0.05, 0.1) is 13.3 Å². The third-order valence-electron chi connectivity index (χ3n) is 2.71. The summed E-state index contributed by atoms with van der Waals surface area (Å²) in [6.07, 6.45) is 3.23. The summed E-state index contributed by atoms with van der Waals surface area (Å²) >= 11 is 0. The quantitative estimate of drug-likeness (QED) is 0.869. The van der Waals surface area contributed by atoms with Crippen molar-refractivity contribution in [1.29, 1.82) is 0 Å². The Hall–Kier alpha value is -1.86. The zero-order valence-corrected chi connectivity index (χ0v) is 11.4. The zero-order chi connectivity index (χ0) is 13.9. The molecule has 0 saturated carbocycles. The standard InChI is InChI=1S/C12H15N3O3S/c1-9(10-7-13-14-8-10)15-19(16,17)12-6-4-3-5-11(12)18-2/h3-9,15H,1-2H3,(H,13,14). The Bertz CT molecular complexity index is 638. The van der Waals surface area contributed by atoms with Crippen molar-refractivity contribution in [3.05, 3.63) is 42.2 Å². The third-order valence-corrected chi connectivity index (χ3v) is 4.29. The van der Waals surface area contributed by atoms with E-state index < -0.39 is 10.0 Å². The molecule has 0 saturated heterocycles. The minimum atomic E-state index is -3.64. The van der Waals surface area contributed by atoms with Gasteiger partial charge in [0.2, 0.25) is 10.0 Å². The number of hydrogen-bond acceptors (Lipinski definition) is 4. The second-order valence-electron chi connectivity index (χ2n) is 4.03. The maximum Gasteiger partial charge on any atom is 0.244 e. The van der Waals surface area contributed by atoms with E-state index in [-0.39, 0.29) is 10.9 Å². The number of rotatable bonds is 5. The van der Waals surface area contributed by atoms with Gasteiger partial charge in [-0.05, 0) is 19.1 Å². The third kappa shape index (κ3) is 2.94. The van der Waals surface area contributed by atoms with E-state index in [1.54, 1.807) is 37.5 Å². The van der Waals surface area contributed by atoms with Gasteiger partial charge >= 0.3 is 0 Å². The maximum absolute atomic E-state index is 12.3. The van der Waals surface area contributed by atoms with Crippen LogP contribution in [0.5, 0.6) is 5.75 Å². The van der Waals surface area contributed by atoms with Crippen molar-refractivity contribution in [2.45, 2.75) is 17.9 Å².